The van der Waals surface area contributed by atoms with Crippen molar-refractivity contribution in [2.75, 3.05) is 26.0 Å². The third-order valence-electron chi connectivity index (χ3n) is 2.15. The highest BCUT2D eigenvalue weighted by Crippen LogP contribution is 2.29. The minimum absolute atomic E-state index is 0.0885. The Hall–Kier alpha value is -0.660. The average molecular weight is 237 g/mol. The molecular formula is C8H15NO5S. The molecule has 0 aromatic carbocycles. The van der Waals surface area contributed by atoms with Crippen molar-refractivity contribution in [2.45, 2.75) is 18.9 Å². The van der Waals surface area contributed by atoms with Gasteiger partial charge in [-0.25, -0.2) is 8.42 Å². The number of hydrogen-bond acceptors (Lipinski definition) is 4. The normalized spacial score (nSPS) is 16.9. The fraction of sp³-hybridized carbons (Fsp3) is 0.875. The monoisotopic (exact) mass is 237 g/mol. The first-order chi connectivity index (χ1) is 6.97. The smallest absolute Gasteiger partial charge is 0.318 e. The van der Waals surface area contributed by atoms with Crippen LogP contribution in [0.4, 0.5) is 0 Å². The molecule has 0 aliphatic heterocycles. The Morgan fingerprint density at radius 2 is 2.13 bits per heavy atom. The number of methoxy groups -OCH3 is 1. The van der Waals surface area contributed by atoms with E-state index in [-0.39, 0.29) is 18.4 Å². The van der Waals surface area contributed by atoms with Crippen molar-refractivity contribution in [1.82, 2.24) is 4.31 Å². The van der Waals surface area contributed by atoms with E-state index >= 15 is 0 Å². The van der Waals surface area contributed by atoms with Crippen LogP contribution in [0, 0.1) is 0 Å². The van der Waals surface area contributed by atoms with Crippen molar-refractivity contribution >= 4 is 16.0 Å². The summed E-state index contributed by atoms with van der Waals surface area (Å²) in [6, 6.07) is -0.122. The zero-order chi connectivity index (χ0) is 11.5. The Bertz CT molecular complexity index is 322. The van der Waals surface area contributed by atoms with Gasteiger partial charge in [0.05, 0.1) is 12.4 Å². The van der Waals surface area contributed by atoms with Crippen molar-refractivity contribution in [3.63, 3.8) is 0 Å². The van der Waals surface area contributed by atoms with Gasteiger partial charge in [0.15, 0.2) is 0 Å². The summed E-state index contributed by atoms with van der Waals surface area (Å²) in [5.41, 5.74) is 0. The molecule has 0 aromatic heterocycles. The van der Waals surface area contributed by atoms with Crippen molar-refractivity contribution in [3.05, 3.63) is 0 Å². The molecule has 1 N–H and O–H groups in total. The molecule has 0 aromatic rings. The van der Waals surface area contributed by atoms with Crippen LogP contribution in [0.25, 0.3) is 0 Å². The Morgan fingerprint density at radius 1 is 1.53 bits per heavy atom. The first-order valence-corrected chi connectivity index (χ1v) is 6.28. The molecule has 15 heavy (non-hydrogen) atoms. The molecule has 0 saturated heterocycles. The maximum atomic E-state index is 11.7. The van der Waals surface area contributed by atoms with Crippen molar-refractivity contribution in [1.29, 1.82) is 0 Å². The molecule has 6 nitrogen and oxygen atoms in total. The molecule has 0 unspecified atom stereocenters. The highest BCUT2D eigenvalue weighted by molar-refractivity contribution is 7.89. The minimum Gasteiger partial charge on any atom is -0.480 e. The lowest BCUT2D eigenvalue weighted by Gasteiger charge is -2.19. The quantitative estimate of drug-likeness (QED) is 0.646. The molecule has 88 valence electrons. The van der Waals surface area contributed by atoms with Gasteiger partial charge in [0.2, 0.25) is 10.0 Å². The van der Waals surface area contributed by atoms with Crippen molar-refractivity contribution in [2.24, 2.45) is 0 Å². The molecule has 0 bridgehead atoms. The summed E-state index contributed by atoms with van der Waals surface area (Å²) in [4.78, 5) is 10.5. The summed E-state index contributed by atoms with van der Waals surface area (Å²) in [6.07, 6.45) is 1.50. The van der Waals surface area contributed by atoms with Gasteiger partial charge < -0.3 is 9.84 Å². The molecule has 0 atom stereocenters. The van der Waals surface area contributed by atoms with Crippen LogP contribution >= 0.6 is 0 Å². The maximum absolute atomic E-state index is 11.7. The van der Waals surface area contributed by atoms with Gasteiger partial charge in [-0.2, -0.15) is 4.31 Å². The van der Waals surface area contributed by atoms with Gasteiger partial charge in [0, 0.05) is 13.2 Å². The number of carbonyl (C=O) groups is 1. The lowest BCUT2D eigenvalue weighted by molar-refractivity contribution is -0.137. The molecule has 1 saturated carbocycles. The Labute approximate surface area is 88.9 Å². The topological polar surface area (TPSA) is 83.9 Å². The number of hydrogen-bond donors (Lipinski definition) is 1. The van der Waals surface area contributed by atoms with Crippen molar-refractivity contribution in [3.8, 4) is 0 Å². The molecule has 1 aliphatic carbocycles. The number of rotatable bonds is 7. The Kier molecular flexibility index (Phi) is 4.06. The van der Waals surface area contributed by atoms with E-state index in [9.17, 15) is 13.2 Å². The fourth-order valence-electron chi connectivity index (χ4n) is 1.26. The fourth-order valence-corrected chi connectivity index (χ4v) is 2.84. The molecule has 7 heteroatoms. The van der Waals surface area contributed by atoms with E-state index in [0.717, 1.165) is 17.1 Å². The number of sulfonamides is 1. The van der Waals surface area contributed by atoms with Crippen LogP contribution in [0.5, 0.6) is 0 Å². The largest absolute Gasteiger partial charge is 0.480 e. The van der Waals surface area contributed by atoms with Gasteiger partial charge in [-0.1, -0.05) is 0 Å². The summed E-state index contributed by atoms with van der Waals surface area (Å²) in [6.45, 7) is -0.359. The first kappa shape index (κ1) is 12.4. The van der Waals surface area contributed by atoms with Gasteiger partial charge >= 0.3 is 5.97 Å². The molecule has 0 spiro atoms. The highest BCUT2D eigenvalue weighted by atomic mass is 32.2. The first-order valence-electron chi connectivity index (χ1n) is 4.67. The summed E-state index contributed by atoms with van der Waals surface area (Å²) in [5.74, 6) is -1.28. The van der Waals surface area contributed by atoms with Crippen molar-refractivity contribution < 1.29 is 23.1 Å². The van der Waals surface area contributed by atoms with Crippen LogP contribution in [0.2, 0.25) is 0 Å². The second-order valence-corrected chi connectivity index (χ2v) is 5.52. The summed E-state index contributed by atoms with van der Waals surface area (Å²) >= 11 is 0. The van der Waals surface area contributed by atoms with Gasteiger partial charge in [0.1, 0.15) is 6.54 Å². The lowest BCUT2D eigenvalue weighted by Crippen LogP contribution is -2.39. The van der Waals surface area contributed by atoms with E-state index in [1.807, 2.05) is 0 Å². The number of aliphatic carboxylic acids is 1. The average Bonchev–Trinajstić information content (AvgIpc) is 2.94. The van der Waals surface area contributed by atoms with Crippen LogP contribution < -0.4 is 0 Å². The van der Waals surface area contributed by atoms with E-state index in [1.165, 1.54) is 7.11 Å². The standard InChI is InChI=1S/C8H15NO5S/c1-14-4-5-15(12,13)9(6-8(10)11)7-2-3-7/h7H,2-6H2,1H3,(H,10,11). The van der Waals surface area contributed by atoms with E-state index in [0.29, 0.717) is 0 Å². The number of carboxylic acids is 1. The second kappa shape index (κ2) is 4.91. The van der Waals surface area contributed by atoms with E-state index in [2.05, 4.69) is 4.74 Å². The number of nitrogens with zero attached hydrogens (tertiary/aromatic N) is 1. The van der Waals surface area contributed by atoms with E-state index < -0.39 is 22.5 Å². The minimum atomic E-state index is -3.49. The van der Waals surface area contributed by atoms with Crippen LogP contribution in [-0.2, 0) is 19.6 Å². The van der Waals surface area contributed by atoms with Gasteiger partial charge in [-0.05, 0) is 12.8 Å². The molecule has 0 radical (unpaired) electrons. The molecule has 1 aliphatic rings. The predicted molar refractivity (Wildman–Crippen MR) is 53.0 cm³/mol. The third kappa shape index (κ3) is 3.77. The van der Waals surface area contributed by atoms with Crippen LogP contribution in [0.3, 0.4) is 0 Å². The SMILES string of the molecule is COCCS(=O)(=O)N(CC(=O)O)C1CC1. The number of carboxylic acid groups (broad SMARTS) is 1. The molecule has 0 heterocycles. The highest BCUT2D eigenvalue weighted by Gasteiger charge is 2.38. The zero-order valence-electron chi connectivity index (χ0n) is 8.55. The lowest BCUT2D eigenvalue weighted by atomic mass is 10.6. The maximum Gasteiger partial charge on any atom is 0.318 e. The molecule has 1 rings (SSSR count). The van der Waals surface area contributed by atoms with E-state index in [1.54, 1.807) is 0 Å². The van der Waals surface area contributed by atoms with Gasteiger partial charge in [-0.3, -0.25) is 4.79 Å². The summed E-state index contributed by atoms with van der Waals surface area (Å²) in [5, 5.41) is 8.61. The molecule has 1 fully saturated rings. The summed E-state index contributed by atoms with van der Waals surface area (Å²) < 4.78 is 29.1. The summed E-state index contributed by atoms with van der Waals surface area (Å²) in [7, 11) is -2.08. The Balaban J connectivity index is 2.65. The van der Waals surface area contributed by atoms with Crippen LogP contribution in [0.1, 0.15) is 12.8 Å². The van der Waals surface area contributed by atoms with Crippen LogP contribution in [-0.4, -0.2) is 55.9 Å². The van der Waals surface area contributed by atoms with E-state index in [4.69, 9.17) is 5.11 Å². The molecule has 0 amide bonds. The number of ether oxygens (including phenoxy) is 1. The molecular weight excluding hydrogens is 222 g/mol. The predicted octanol–water partition coefficient (Wildman–Crippen LogP) is -0.488. The Morgan fingerprint density at radius 3 is 2.53 bits per heavy atom. The van der Waals surface area contributed by atoms with Gasteiger partial charge in [-0.15, -0.1) is 0 Å². The third-order valence-corrected chi connectivity index (χ3v) is 3.97. The van der Waals surface area contributed by atoms with Gasteiger partial charge in [0.25, 0.3) is 0 Å². The van der Waals surface area contributed by atoms with Crippen LogP contribution in [0.15, 0.2) is 0 Å². The second-order valence-electron chi connectivity index (χ2n) is 3.48. The zero-order valence-corrected chi connectivity index (χ0v) is 9.37.